The van der Waals surface area contributed by atoms with Crippen LogP contribution < -0.4 is 10.5 Å². The fourth-order valence-corrected chi connectivity index (χ4v) is 2.34. The molecule has 0 aliphatic rings. The van der Waals surface area contributed by atoms with Crippen molar-refractivity contribution in [2.45, 2.75) is 23.5 Å². The fraction of sp³-hybridized carbons (Fsp3) is 0.500. The maximum Gasteiger partial charge on any atom is 0.120 e. The summed E-state index contributed by atoms with van der Waals surface area (Å²) in [5, 5.41) is 0.481. The Labute approximate surface area is 101 Å². The predicted octanol–water partition coefficient (Wildman–Crippen LogP) is 2.79. The van der Waals surface area contributed by atoms with Crippen LogP contribution >= 0.6 is 11.8 Å². The minimum absolute atomic E-state index is 0.481. The summed E-state index contributed by atoms with van der Waals surface area (Å²) < 4.78 is 10.2. The van der Waals surface area contributed by atoms with Gasteiger partial charge in [0.1, 0.15) is 5.75 Å². The topological polar surface area (TPSA) is 44.5 Å². The Balaban J connectivity index is 2.64. The second-order valence-corrected chi connectivity index (χ2v) is 5.09. The van der Waals surface area contributed by atoms with E-state index in [0.29, 0.717) is 5.25 Å². The van der Waals surface area contributed by atoms with Crippen LogP contribution in [0.5, 0.6) is 5.75 Å². The van der Waals surface area contributed by atoms with Crippen molar-refractivity contribution in [1.29, 1.82) is 0 Å². The number of anilines is 1. The van der Waals surface area contributed by atoms with Gasteiger partial charge in [-0.25, -0.2) is 0 Å². The predicted molar refractivity (Wildman–Crippen MR) is 69.2 cm³/mol. The Hall–Kier alpha value is -0.870. The summed E-state index contributed by atoms with van der Waals surface area (Å²) in [6.45, 7) is 2.95. The first-order valence-corrected chi connectivity index (χ1v) is 6.14. The van der Waals surface area contributed by atoms with Gasteiger partial charge in [-0.1, -0.05) is 6.92 Å². The Morgan fingerprint density at radius 3 is 2.75 bits per heavy atom. The van der Waals surface area contributed by atoms with Crippen molar-refractivity contribution in [3.05, 3.63) is 18.2 Å². The normalized spacial score (nSPS) is 12.4. The lowest BCUT2D eigenvalue weighted by molar-refractivity contribution is 0.195. The van der Waals surface area contributed by atoms with Crippen LogP contribution in [-0.4, -0.2) is 26.1 Å². The molecule has 16 heavy (non-hydrogen) atoms. The quantitative estimate of drug-likeness (QED) is 0.614. The molecule has 0 spiro atoms. The molecule has 0 amide bonds. The van der Waals surface area contributed by atoms with E-state index in [9.17, 15) is 0 Å². The molecule has 0 fully saturated rings. The molecule has 1 rings (SSSR count). The molecule has 1 aromatic carbocycles. The summed E-state index contributed by atoms with van der Waals surface area (Å²) >= 11 is 1.75. The number of benzene rings is 1. The van der Waals surface area contributed by atoms with Crippen LogP contribution in [-0.2, 0) is 4.74 Å². The molecule has 0 saturated heterocycles. The van der Waals surface area contributed by atoms with Crippen molar-refractivity contribution in [3.8, 4) is 5.75 Å². The summed E-state index contributed by atoms with van der Waals surface area (Å²) in [5.74, 6) is 0.843. The van der Waals surface area contributed by atoms with Crippen LogP contribution in [0.1, 0.15) is 13.3 Å². The van der Waals surface area contributed by atoms with Crippen LogP contribution in [0.25, 0.3) is 0 Å². The lowest BCUT2D eigenvalue weighted by Crippen LogP contribution is -2.02. The molecule has 0 bridgehead atoms. The van der Waals surface area contributed by atoms with E-state index in [0.717, 1.165) is 29.4 Å². The van der Waals surface area contributed by atoms with E-state index in [-0.39, 0.29) is 0 Å². The van der Waals surface area contributed by atoms with Crippen LogP contribution in [0.4, 0.5) is 5.69 Å². The van der Waals surface area contributed by atoms with Crippen LogP contribution in [0.3, 0.4) is 0 Å². The highest BCUT2D eigenvalue weighted by molar-refractivity contribution is 8.00. The van der Waals surface area contributed by atoms with E-state index in [1.54, 1.807) is 26.0 Å². The van der Waals surface area contributed by atoms with Crippen molar-refractivity contribution in [2.75, 3.05) is 26.6 Å². The minimum Gasteiger partial charge on any atom is -0.497 e. The highest BCUT2D eigenvalue weighted by atomic mass is 32.2. The number of hydrogen-bond donors (Lipinski definition) is 1. The molecule has 0 heterocycles. The maximum absolute atomic E-state index is 5.91. The van der Waals surface area contributed by atoms with Gasteiger partial charge < -0.3 is 15.2 Å². The zero-order chi connectivity index (χ0) is 12.0. The number of hydrogen-bond acceptors (Lipinski definition) is 4. The van der Waals surface area contributed by atoms with E-state index in [2.05, 4.69) is 6.92 Å². The van der Waals surface area contributed by atoms with Gasteiger partial charge in [0.25, 0.3) is 0 Å². The van der Waals surface area contributed by atoms with Crippen molar-refractivity contribution < 1.29 is 9.47 Å². The van der Waals surface area contributed by atoms with Crippen LogP contribution in [0.2, 0.25) is 0 Å². The van der Waals surface area contributed by atoms with E-state index in [4.69, 9.17) is 15.2 Å². The molecule has 0 aliphatic carbocycles. The van der Waals surface area contributed by atoms with Crippen LogP contribution in [0, 0.1) is 0 Å². The highest BCUT2D eigenvalue weighted by Gasteiger charge is 2.08. The molecule has 0 saturated carbocycles. The van der Waals surface area contributed by atoms with Gasteiger partial charge in [0.15, 0.2) is 0 Å². The van der Waals surface area contributed by atoms with E-state index < -0.39 is 0 Å². The molecule has 0 aromatic heterocycles. The summed E-state index contributed by atoms with van der Waals surface area (Å²) in [6.07, 6.45) is 1.01. The molecular weight excluding hydrogens is 222 g/mol. The Morgan fingerprint density at radius 2 is 2.12 bits per heavy atom. The summed E-state index contributed by atoms with van der Waals surface area (Å²) in [5.41, 5.74) is 6.71. The van der Waals surface area contributed by atoms with Gasteiger partial charge in [0, 0.05) is 29.5 Å². The van der Waals surface area contributed by atoms with Gasteiger partial charge in [0.05, 0.1) is 7.11 Å². The first-order valence-electron chi connectivity index (χ1n) is 5.26. The minimum atomic E-state index is 0.481. The number of ether oxygens (including phenoxy) is 2. The zero-order valence-electron chi connectivity index (χ0n) is 10.0. The van der Waals surface area contributed by atoms with Gasteiger partial charge in [-0.2, -0.15) is 0 Å². The monoisotopic (exact) mass is 241 g/mol. The molecule has 0 radical (unpaired) electrons. The van der Waals surface area contributed by atoms with Gasteiger partial charge in [-0.3, -0.25) is 0 Å². The molecule has 90 valence electrons. The fourth-order valence-electron chi connectivity index (χ4n) is 1.30. The van der Waals surface area contributed by atoms with E-state index in [1.165, 1.54) is 0 Å². The second-order valence-electron chi connectivity index (χ2n) is 3.61. The number of rotatable bonds is 6. The molecule has 4 heteroatoms. The Morgan fingerprint density at radius 1 is 1.38 bits per heavy atom. The van der Waals surface area contributed by atoms with Crippen molar-refractivity contribution >= 4 is 17.4 Å². The lowest BCUT2D eigenvalue weighted by atomic mass is 10.3. The third-order valence-electron chi connectivity index (χ3n) is 2.28. The lowest BCUT2D eigenvalue weighted by Gasteiger charge is -2.13. The smallest absolute Gasteiger partial charge is 0.120 e. The maximum atomic E-state index is 5.91. The molecule has 3 nitrogen and oxygen atoms in total. The standard InChI is InChI=1S/C12H19NO2S/c1-9(6-7-14-2)16-12-8-10(15-3)4-5-11(12)13/h4-5,8-9H,6-7,13H2,1-3H3. The number of nitrogens with two attached hydrogens (primary N) is 1. The third kappa shape index (κ3) is 3.94. The summed E-state index contributed by atoms with van der Waals surface area (Å²) in [4.78, 5) is 1.07. The van der Waals surface area contributed by atoms with Gasteiger partial charge >= 0.3 is 0 Å². The molecular formula is C12H19NO2S. The Bertz CT molecular complexity index is 331. The first-order chi connectivity index (χ1) is 7.67. The molecule has 2 N–H and O–H groups in total. The molecule has 0 aliphatic heterocycles. The largest absolute Gasteiger partial charge is 0.497 e. The second kappa shape index (κ2) is 6.66. The molecule has 1 atom stereocenters. The first kappa shape index (κ1) is 13.2. The number of thioether (sulfide) groups is 1. The molecule has 1 aromatic rings. The van der Waals surface area contributed by atoms with Crippen molar-refractivity contribution in [2.24, 2.45) is 0 Å². The van der Waals surface area contributed by atoms with Gasteiger partial charge in [0.2, 0.25) is 0 Å². The van der Waals surface area contributed by atoms with Gasteiger partial charge in [-0.15, -0.1) is 11.8 Å². The SMILES string of the molecule is COCCC(C)Sc1cc(OC)ccc1N. The number of methoxy groups -OCH3 is 2. The highest BCUT2D eigenvalue weighted by Crippen LogP contribution is 2.32. The van der Waals surface area contributed by atoms with Crippen molar-refractivity contribution in [1.82, 2.24) is 0 Å². The summed E-state index contributed by atoms with van der Waals surface area (Å²) in [7, 11) is 3.38. The van der Waals surface area contributed by atoms with E-state index >= 15 is 0 Å². The average Bonchev–Trinajstić information content (AvgIpc) is 2.29. The summed E-state index contributed by atoms with van der Waals surface area (Å²) in [6, 6.07) is 5.73. The third-order valence-corrected chi connectivity index (χ3v) is 3.52. The average molecular weight is 241 g/mol. The van der Waals surface area contributed by atoms with Crippen LogP contribution in [0.15, 0.2) is 23.1 Å². The molecule has 1 unspecified atom stereocenters. The zero-order valence-corrected chi connectivity index (χ0v) is 10.8. The Kier molecular flexibility index (Phi) is 5.49. The van der Waals surface area contributed by atoms with Crippen molar-refractivity contribution in [3.63, 3.8) is 0 Å². The number of nitrogen functional groups attached to an aromatic ring is 1. The van der Waals surface area contributed by atoms with Gasteiger partial charge in [-0.05, 0) is 24.6 Å². The van der Waals surface area contributed by atoms with E-state index in [1.807, 2.05) is 18.2 Å².